The van der Waals surface area contributed by atoms with Gasteiger partial charge in [0.05, 0.1) is 11.6 Å². The van der Waals surface area contributed by atoms with Crippen molar-refractivity contribution in [3.63, 3.8) is 0 Å². The van der Waals surface area contributed by atoms with E-state index >= 15 is 0 Å². The van der Waals surface area contributed by atoms with Crippen molar-refractivity contribution in [2.45, 2.75) is 32.6 Å². The van der Waals surface area contributed by atoms with E-state index in [-0.39, 0.29) is 0 Å². The van der Waals surface area contributed by atoms with Crippen LogP contribution in [0.3, 0.4) is 0 Å². The summed E-state index contributed by atoms with van der Waals surface area (Å²) in [6.07, 6.45) is 6.67. The summed E-state index contributed by atoms with van der Waals surface area (Å²) in [5.74, 6) is 1.44. The summed E-state index contributed by atoms with van der Waals surface area (Å²) in [5.41, 5.74) is 1.34. The van der Waals surface area contributed by atoms with Gasteiger partial charge in [-0.05, 0) is 52.4 Å². The summed E-state index contributed by atoms with van der Waals surface area (Å²) in [6, 6.07) is 6.29. The molecule has 0 aliphatic rings. The van der Waals surface area contributed by atoms with Gasteiger partial charge in [0, 0.05) is 0 Å². The number of halogens is 1. The molecule has 0 fully saturated rings. The monoisotopic (exact) mass is 282 g/mol. The predicted octanol–water partition coefficient (Wildman–Crippen LogP) is 4.92. The van der Waals surface area contributed by atoms with Gasteiger partial charge in [-0.1, -0.05) is 32.1 Å². The van der Waals surface area contributed by atoms with E-state index < -0.39 is 0 Å². The van der Waals surface area contributed by atoms with Crippen molar-refractivity contribution < 1.29 is 4.74 Å². The van der Waals surface area contributed by atoms with E-state index in [1.54, 1.807) is 7.11 Å². The zero-order valence-electron chi connectivity index (χ0n) is 10.2. The minimum Gasteiger partial charge on any atom is -0.496 e. The molecule has 1 rings (SSSR count). The van der Waals surface area contributed by atoms with Crippen LogP contribution in [0, 0.1) is 0 Å². The van der Waals surface area contributed by atoms with Crippen molar-refractivity contribution in [1.29, 1.82) is 0 Å². The quantitative estimate of drug-likeness (QED) is 0.697. The van der Waals surface area contributed by atoms with Gasteiger partial charge in [-0.25, -0.2) is 0 Å². The van der Waals surface area contributed by atoms with E-state index in [1.807, 2.05) is 6.07 Å². The zero-order valence-corrected chi connectivity index (χ0v) is 11.8. The Balaban J connectivity index is 2.72. The van der Waals surface area contributed by atoms with Gasteiger partial charge < -0.3 is 4.74 Å². The van der Waals surface area contributed by atoms with E-state index in [4.69, 9.17) is 4.74 Å². The molecule has 1 aromatic rings. The molecule has 0 aromatic heterocycles. The van der Waals surface area contributed by atoms with E-state index in [0.29, 0.717) is 5.92 Å². The van der Waals surface area contributed by atoms with Crippen molar-refractivity contribution in [2.24, 2.45) is 0 Å². The highest BCUT2D eigenvalue weighted by Gasteiger charge is 2.06. The van der Waals surface area contributed by atoms with Gasteiger partial charge in [-0.3, -0.25) is 0 Å². The maximum atomic E-state index is 5.22. The summed E-state index contributed by atoms with van der Waals surface area (Å²) < 4.78 is 6.24. The first-order chi connectivity index (χ1) is 7.69. The Kier molecular flexibility index (Phi) is 5.61. The van der Waals surface area contributed by atoms with Crippen molar-refractivity contribution in [2.75, 3.05) is 7.11 Å². The number of ether oxygens (including phenoxy) is 1. The highest BCUT2D eigenvalue weighted by atomic mass is 79.9. The third-order valence-corrected chi connectivity index (χ3v) is 3.26. The molecule has 16 heavy (non-hydrogen) atoms. The predicted molar refractivity (Wildman–Crippen MR) is 73.2 cm³/mol. The van der Waals surface area contributed by atoms with Crippen LogP contribution in [0.4, 0.5) is 0 Å². The molecule has 0 aliphatic carbocycles. The molecule has 1 unspecified atom stereocenters. The van der Waals surface area contributed by atoms with Gasteiger partial charge in [0.25, 0.3) is 0 Å². The van der Waals surface area contributed by atoms with Gasteiger partial charge >= 0.3 is 0 Å². The SMILES string of the molecule is CC/C=C\CC(C)c1ccc(OC)c(Br)c1. The summed E-state index contributed by atoms with van der Waals surface area (Å²) in [6.45, 7) is 4.40. The van der Waals surface area contributed by atoms with Crippen LogP contribution in [0.15, 0.2) is 34.8 Å². The maximum absolute atomic E-state index is 5.22. The third-order valence-electron chi connectivity index (χ3n) is 2.64. The minimum atomic E-state index is 0.546. The summed E-state index contributed by atoms with van der Waals surface area (Å²) in [5, 5.41) is 0. The molecule has 0 heterocycles. The van der Waals surface area contributed by atoms with Crippen molar-refractivity contribution in [1.82, 2.24) is 0 Å². The van der Waals surface area contributed by atoms with Crippen molar-refractivity contribution in [3.05, 3.63) is 40.4 Å². The molecule has 0 N–H and O–H groups in total. The second-order valence-electron chi connectivity index (χ2n) is 3.91. The number of hydrogen-bond acceptors (Lipinski definition) is 1. The summed E-state index contributed by atoms with van der Waals surface area (Å²) in [7, 11) is 1.69. The number of benzene rings is 1. The number of hydrogen-bond donors (Lipinski definition) is 0. The van der Waals surface area contributed by atoms with Crippen LogP contribution in [0.2, 0.25) is 0 Å². The van der Waals surface area contributed by atoms with Crippen LogP contribution in [-0.2, 0) is 0 Å². The van der Waals surface area contributed by atoms with E-state index in [1.165, 1.54) is 5.56 Å². The molecule has 0 saturated carbocycles. The minimum absolute atomic E-state index is 0.546. The lowest BCUT2D eigenvalue weighted by Crippen LogP contribution is -1.93. The Hall–Kier alpha value is -0.760. The fourth-order valence-electron chi connectivity index (χ4n) is 1.59. The number of methoxy groups -OCH3 is 1. The molecular formula is C14H19BrO. The van der Waals surface area contributed by atoms with Gasteiger partial charge in [0.1, 0.15) is 5.75 Å². The number of rotatable bonds is 5. The zero-order chi connectivity index (χ0) is 12.0. The molecule has 88 valence electrons. The molecular weight excluding hydrogens is 264 g/mol. The smallest absolute Gasteiger partial charge is 0.133 e. The molecule has 0 amide bonds. The fourth-order valence-corrected chi connectivity index (χ4v) is 2.15. The fraction of sp³-hybridized carbons (Fsp3) is 0.429. The summed E-state index contributed by atoms with van der Waals surface area (Å²) >= 11 is 3.51. The van der Waals surface area contributed by atoms with Gasteiger partial charge in [-0.2, -0.15) is 0 Å². The topological polar surface area (TPSA) is 9.23 Å². The van der Waals surface area contributed by atoms with Gasteiger partial charge in [-0.15, -0.1) is 0 Å². The van der Waals surface area contributed by atoms with E-state index in [2.05, 4.69) is 54.1 Å². The Bertz CT molecular complexity index is 358. The average molecular weight is 283 g/mol. The largest absolute Gasteiger partial charge is 0.496 e. The lowest BCUT2D eigenvalue weighted by molar-refractivity contribution is 0.412. The normalized spacial score (nSPS) is 13.0. The van der Waals surface area contributed by atoms with Crippen LogP contribution in [-0.4, -0.2) is 7.11 Å². The second-order valence-corrected chi connectivity index (χ2v) is 4.76. The van der Waals surface area contributed by atoms with Gasteiger partial charge in [0.2, 0.25) is 0 Å². The molecule has 0 aliphatic heterocycles. The van der Waals surface area contributed by atoms with Crippen LogP contribution in [0.1, 0.15) is 38.2 Å². The Morgan fingerprint density at radius 1 is 1.38 bits per heavy atom. The molecule has 0 spiro atoms. The molecule has 0 bridgehead atoms. The highest BCUT2D eigenvalue weighted by molar-refractivity contribution is 9.10. The van der Waals surface area contributed by atoms with Crippen LogP contribution < -0.4 is 4.74 Å². The molecule has 2 heteroatoms. The van der Waals surface area contributed by atoms with Crippen molar-refractivity contribution in [3.8, 4) is 5.75 Å². The third kappa shape index (κ3) is 3.67. The first-order valence-corrected chi connectivity index (χ1v) is 6.46. The first kappa shape index (κ1) is 13.3. The summed E-state index contributed by atoms with van der Waals surface area (Å²) in [4.78, 5) is 0. The van der Waals surface area contributed by atoms with Crippen molar-refractivity contribution >= 4 is 15.9 Å². The van der Waals surface area contributed by atoms with Gasteiger partial charge in [0.15, 0.2) is 0 Å². The lowest BCUT2D eigenvalue weighted by atomic mass is 9.97. The van der Waals surface area contributed by atoms with E-state index in [9.17, 15) is 0 Å². The Morgan fingerprint density at radius 3 is 2.69 bits per heavy atom. The molecule has 1 aromatic carbocycles. The molecule has 1 atom stereocenters. The Morgan fingerprint density at radius 2 is 2.12 bits per heavy atom. The first-order valence-electron chi connectivity index (χ1n) is 5.67. The average Bonchev–Trinajstić information content (AvgIpc) is 2.29. The number of allylic oxidation sites excluding steroid dienone is 2. The van der Waals surface area contributed by atoms with Crippen LogP contribution in [0.25, 0.3) is 0 Å². The molecule has 0 saturated heterocycles. The van der Waals surface area contributed by atoms with Crippen LogP contribution in [0.5, 0.6) is 5.75 Å². The maximum Gasteiger partial charge on any atom is 0.133 e. The van der Waals surface area contributed by atoms with E-state index in [0.717, 1.165) is 23.1 Å². The standard InChI is InChI=1S/C14H19BrO/c1-4-5-6-7-11(2)12-8-9-14(16-3)13(15)10-12/h5-6,8-11H,4,7H2,1-3H3/b6-5-. The lowest BCUT2D eigenvalue weighted by Gasteiger charge is -2.11. The highest BCUT2D eigenvalue weighted by Crippen LogP contribution is 2.29. The Labute approximate surface area is 107 Å². The van der Waals surface area contributed by atoms with Crippen LogP contribution >= 0.6 is 15.9 Å². The molecule has 1 nitrogen and oxygen atoms in total. The second kappa shape index (κ2) is 6.74. The molecule has 0 radical (unpaired) electrons.